The number of rotatable bonds is 4. The van der Waals surface area contributed by atoms with Gasteiger partial charge in [0.15, 0.2) is 0 Å². The van der Waals surface area contributed by atoms with Crippen LogP contribution < -0.4 is 5.73 Å². The number of nitrogens with zero attached hydrogens (tertiary/aromatic N) is 1. The van der Waals surface area contributed by atoms with Crippen LogP contribution in [0.1, 0.15) is 51.6 Å². The summed E-state index contributed by atoms with van der Waals surface area (Å²) in [5.74, 6) is 0.591. The molecule has 0 aromatic heterocycles. The summed E-state index contributed by atoms with van der Waals surface area (Å²) in [4.78, 5) is 2.43. The van der Waals surface area contributed by atoms with Crippen LogP contribution in [0.3, 0.4) is 0 Å². The normalized spacial score (nSPS) is 26.8. The highest BCUT2D eigenvalue weighted by Gasteiger charge is 2.37. The predicted octanol–water partition coefficient (Wildman–Crippen LogP) is 4.49. The number of nitrogens with two attached hydrogens (primary N) is 1. The first-order valence-electron chi connectivity index (χ1n) is 8.02. The third-order valence-electron chi connectivity index (χ3n) is 5.34. The van der Waals surface area contributed by atoms with Gasteiger partial charge in [0.1, 0.15) is 0 Å². The predicted molar refractivity (Wildman–Crippen MR) is 91.6 cm³/mol. The first-order valence-corrected chi connectivity index (χ1v) is 8.40. The van der Waals surface area contributed by atoms with E-state index >= 15 is 0 Å². The Labute approximate surface area is 134 Å². The van der Waals surface area contributed by atoms with E-state index in [1.807, 2.05) is 12.1 Å². The van der Waals surface area contributed by atoms with Crippen LogP contribution in [0.5, 0.6) is 0 Å². The maximum Gasteiger partial charge on any atom is 0.0406 e. The van der Waals surface area contributed by atoms with Gasteiger partial charge >= 0.3 is 0 Å². The minimum Gasteiger partial charge on any atom is -0.327 e. The quantitative estimate of drug-likeness (QED) is 0.888. The molecule has 3 heteroatoms. The van der Waals surface area contributed by atoms with Gasteiger partial charge in [0.25, 0.3) is 0 Å². The Morgan fingerprint density at radius 3 is 2.57 bits per heavy atom. The largest absolute Gasteiger partial charge is 0.327 e. The van der Waals surface area contributed by atoms with Crippen LogP contribution in [0.4, 0.5) is 0 Å². The lowest BCUT2D eigenvalue weighted by Gasteiger charge is -2.44. The lowest BCUT2D eigenvalue weighted by atomic mass is 9.68. The van der Waals surface area contributed by atoms with E-state index in [1.54, 1.807) is 0 Å². The average molecular weight is 309 g/mol. The molecule has 2 rings (SSSR count). The van der Waals surface area contributed by atoms with E-state index in [4.69, 9.17) is 17.3 Å². The van der Waals surface area contributed by atoms with E-state index in [0.29, 0.717) is 18.0 Å². The first kappa shape index (κ1) is 16.8. The molecule has 1 aromatic carbocycles. The SMILES string of the molecule is CC(c1ccc(Cl)cc1)N(C)CC1CCCC(C)(C)C1N. The fourth-order valence-corrected chi connectivity index (χ4v) is 3.66. The summed E-state index contributed by atoms with van der Waals surface area (Å²) in [6.45, 7) is 7.94. The second kappa shape index (κ2) is 6.68. The average Bonchev–Trinajstić information content (AvgIpc) is 2.44. The summed E-state index contributed by atoms with van der Waals surface area (Å²) >= 11 is 5.97. The molecule has 2 N–H and O–H groups in total. The molecule has 3 unspecified atom stereocenters. The summed E-state index contributed by atoms with van der Waals surface area (Å²) < 4.78 is 0. The standard InChI is InChI=1S/C18H29ClN2/c1-13(14-7-9-16(19)10-8-14)21(4)12-15-6-5-11-18(2,3)17(15)20/h7-10,13,15,17H,5-6,11-12,20H2,1-4H3. The molecule has 0 spiro atoms. The van der Waals surface area contributed by atoms with Crippen LogP contribution >= 0.6 is 11.6 Å². The van der Waals surface area contributed by atoms with Gasteiger partial charge in [0, 0.05) is 23.7 Å². The Hall–Kier alpha value is -0.570. The van der Waals surface area contributed by atoms with Crippen molar-refractivity contribution < 1.29 is 0 Å². The van der Waals surface area contributed by atoms with Gasteiger partial charge in [-0.2, -0.15) is 0 Å². The molecule has 0 saturated heterocycles. The van der Waals surface area contributed by atoms with Crippen LogP contribution in [-0.4, -0.2) is 24.5 Å². The second-order valence-electron chi connectivity index (χ2n) is 7.33. The Morgan fingerprint density at radius 2 is 1.95 bits per heavy atom. The minimum absolute atomic E-state index is 0.271. The maximum atomic E-state index is 6.52. The Kier molecular flexibility index (Phi) is 5.34. The number of halogens is 1. The Morgan fingerprint density at radius 1 is 1.33 bits per heavy atom. The molecule has 0 bridgehead atoms. The monoisotopic (exact) mass is 308 g/mol. The van der Waals surface area contributed by atoms with E-state index in [-0.39, 0.29) is 5.41 Å². The van der Waals surface area contributed by atoms with Crippen molar-refractivity contribution in [3.63, 3.8) is 0 Å². The molecule has 0 heterocycles. The molecule has 0 amide bonds. The molecule has 118 valence electrons. The van der Waals surface area contributed by atoms with Crippen molar-refractivity contribution in [3.05, 3.63) is 34.9 Å². The Balaban J connectivity index is 2.00. The third kappa shape index (κ3) is 4.00. The zero-order valence-corrected chi connectivity index (χ0v) is 14.5. The molecule has 21 heavy (non-hydrogen) atoms. The van der Waals surface area contributed by atoms with Gasteiger partial charge in [-0.3, -0.25) is 4.90 Å². The van der Waals surface area contributed by atoms with E-state index in [2.05, 4.69) is 44.9 Å². The van der Waals surface area contributed by atoms with Crippen molar-refractivity contribution in [1.29, 1.82) is 0 Å². The van der Waals surface area contributed by atoms with E-state index < -0.39 is 0 Å². The molecule has 1 aliphatic carbocycles. The van der Waals surface area contributed by atoms with Gasteiger partial charge in [0.2, 0.25) is 0 Å². The van der Waals surface area contributed by atoms with Gasteiger partial charge in [-0.25, -0.2) is 0 Å². The van der Waals surface area contributed by atoms with Gasteiger partial charge in [-0.15, -0.1) is 0 Å². The highest BCUT2D eigenvalue weighted by molar-refractivity contribution is 6.30. The van der Waals surface area contributed by atoms with Crippen molar-refractivity contribution in [2.45, 2.75) is 52.1 Å². The highest BCUT2D eigenvalue weighted by atomic mass is 35.5. The van der Waals surface area contributed by atoms with Gasteiger partial charge in [-0.1, -0.05) is 44.0 Å². The third-order valence-corrected chi connectivity index (χ3v) is 5.59. The maximum absolute atomic E-state index is 6.52. The number of hydrogen-bond acceptors (Lipinski definition) is 2. The topological polar surface area (TPSA) is 29.3 Å². The molecule has 0 radical (unpaired) electrons. The molecule has 1 saturated carbocycles. The fourth-order valence-electron chi connectivity index (χ4n) is 3.53. The second-order valence-corrected chi connectivity index (χ2v) is 7.77. The lowest BCUT2D eigenvalue weighted by Crippen LogP contribution is -2.50. The van der Waals surface area contributed by atoms with Gasteiger partial charge in [-0.05, 0) is 55.8 Å². The lowest BCUT2D eigenvalue weighted by molar-refractivity contribution is 0.0989. The van der Waals surface area contributed by atoms with E-state index in [9.17, 15) is 0 Å². The van der Waals surface area contributed by atoms with Crippen LogP contribution in [0.2, 0.25) is 5.02 Å². The fraction of sp³-hybridized carbons (Fsp3) is 0.667. The smallest absolute Gasteiger partial charge is 0.0406 e. The van der Waals surface area contributed by atoms with E-state index in [1.165, 1.54) is 24.8 Å². The highest BCUT2D eigenvalue weighted by Crippen LogP contribution is 2.38. The molecule has 1 fully saturated rings. The van der Waals surface area contributed by atoms with Crippen molar-refractivity contribution in [2.24, 2.45) is 17.1 Å². The van der Waals surface area contributed by atoms with Crippen LogP contribution in [-0.2, 0) is 0 Å². The molecular weight excluding hydrogens is 280 g/mol. The summed E-state index contributed by atoms with van der Waals surface area (Å²) in [7, 11) is 2.20. The zero-order valence-electron chi connectivity index (χ0n) is 13.8. The Bertz CT molecular complexity index is 455. The van der Waals surface area contributed by atoms with Crippen molar-refractivity contribution in [3.8, 4) is 0 Å². The number of hydrogen-bond donors (Lipinski definition) is 1. The van der Waals surface area contributed by atoms with Gasteiger partial charge < -0.3 is 5.73 Å². The summed E-state index contributed by atoms with van der Waals surface area (Å²) in [5.41, 5.74) is 8.10. The molecule has 2 nitrogen and oxygen atoms in total. The minimum atomic E-state index is 0.271. The van der Waals surface area contributed by atoms with Crippen molar-refractivity contribution in [2.75, 3.05) is 13.6 Å². The van der Waals surface area contributed by atoms with Crippen LogP contribution in [0, 0.1) is 11.3 Å². The first-order chi connectivity index (χ1) is 9.81. The summed E-state index contributed by atoms with van der Waals surface area (Å²) in [6, 6.07) is 8.86. The van der Waals surface area contributed by atoms with Gasteiger partial charge in [0.05, 0.1) is 0 Å². The summed E-state index contributed by atoms with van der Waals surface area (Å²) in [5, 5.41) is 0.796. The van der Waals surface area contributed by atoms with Crippen LogP contribution in [0.15, 0.2) is 24.3 Å². The molecule has 1 aromatic rings. The zero-order chi connectivity index (χ0) is 15.6. The van der Waals surface area contributed by atoms with Crippen molar-refractivity contribution >= 4 is 11.6 Å². The van der Waals surface area contributed by atoms with E-state index in [0.717, 1.165) is 11.6 Å². The summed E-state index contributed by atoms with van der Waals surface area (Å²) in [6.07, 6.45) is 3.80. The molecule has 1 aliphatic rings. The molecule has 3 atom stereocenters. The number of benzene rings is 1. The van der Waals surface area contributed by atoms with Crippen molar-refractivity contribution in [1.82, 2.24) is 4.90 Å². The van der Waals surface area contributed by atoms with Crippen LogP contribution in [0.25, 0.3) is 0 Å². The molecular formula is C18H29ClN2. The molecule has 0 aliphatic heterocycles.